The summed E-state index contributed by atoms with van der Waals surface area (Å²) in [6.07, 6.45) is 6.98. The Morgan fingerprint density at radius 2 is 2.19 bits per heavy atom. The molecule has 7 nitrogen and oxygen atoms in total. The number of nitrogens with one attached hydrogen (secondary N) is 1. The van der Waals surface area contributed by atoms with Crippen molar-refractivity contribution in [1.82, 2.24) is 29.4 Å². The van der Waals surface area contributed by atoms with E-state index < -0.39 is 6.03 Å². The van der Waals surface area contributed by atoms with E-state index in [1.165, 1.54) is 0 Å². The van der Waals surface area contributed by atoms with Gasteiger partial charge in [0.15, 0.2) is 11.3 Å². The third-order valence-electron chi connectivity index (χ3n) is 5.31. The number of hydrogen-bond donors (Lipinski definition) is 1. The number of imidazole rings is 1. The Balaban J connectivity index is 1.70. The van der Waals surface area contributed by atoms with Crippen LogP contribution < -0.4 is 0 Å². The van der Waals surface area contributed by atoms with E-state index in [0.717, 1.165) is 28.9 Å². The fourth-order valence-electron chi connectivity index (χ4n) is 3.98. The molecule has 1 aliphatic heterocycles. The molecule has 2 amide bonds. The summed E-state index contributed by atoms with van der Waals surface area (Å²) in [7, 11) is 0. The molecule has 3 aromatic rings. The van der Waals surface area contributed by atoms with Crippen molar-refractivity contribution in [1.29, 1.82) is 0 Å². The maximum Gasteiger partial charge on any atom is 0.348 e. The summed E-state index contributed by atoms with van der Waals surface area (Å²) in [5.41, 5.74) is 3.60. The molecular weight excluding hydrogens is 335 g/mol. The average molecular weight is 358 g/mol. The summed E-state index contributed by atoms with van der Waals surface area (Å²) in [6.45, 7) is 5.17. The molecule has 2 atom stereocenters. The minimum atomic E-state index is -0.532. The van der Waals surface area contributed by atoms with Crippen LogP contribution in [-0.2, 0) is 0 Å². The maximum atomic E-state index is 14.0. The fraction of sp³-hybridized carbons (Fsp3) is 0.500. The number of H-pyrrole nitrogens is 1. The van der Waals surface area contributed by atoms with Gasteiger partial charge in [-0.2, -0.15) is 5.12 Å². The van der Waals surface area contributed by atoms with Gasteiger partial charge >= 0.3 is 6.03 Å². The molecule has 1 saturated heterocycles. The predicted molar refractivity (Wildman–Crippen MR) is 96.4 cm³/mol. The second-order valence-corrected chi connectivity index (χ2v) is 6.89. The van der Waals surface area contributed by atoms with E-state index in [1.54, 1.807) is 11.1 Å². The van der Waals surface area contributed by atoms with Crippen LogP contribution in [0.3, 0.4) is 0 Å². The van der Waals surface area contributed by atoms with Crippen molar-refractivity contribution in [3.8, 4) is 0 Å². The summed E-state index contributed by atoms with van der Waals surface area (Å²) in [6, 6.07) is 1.44. The standard InChI is InChI=1S/C18H23FN6O/c1-3-7-24(19)18(26)23-10-12(4-2)13(11-23)15-8-21-16-9-22-17-14(25(15)16)5-6-20-17/h5-6,8-9,12-13,20H,3-4,7,10-11H2,1-2H3/t12-,13+/m1/s1. The number of hydrogen-bond acceptors (Lipinski definition) is 3. The fourth-order valence-corrected chi connectivity index (χ4v) is 3.98. The average Bonchev–Trinajstić information content (AvgIpc) is 3.36. The molecule has 3 aromatic heterocycles. The molecule has 1 N–H and O–H groups in total. The van der Waals surface area contributed by atoms with Crippen LogP contribution >= 0.6 is 0 Å². The van der Waals surface area contributed by atoms with Gasteiger partial charge in [0.05, 0.1) is 18.3 Å². The van der Waals surface area contributed by atoms with Crippen molar-refractivity contribution in [2.45, 2.75) is 32.6 Å². The first-order valence-electron chi connectivity index (χ1n) is 9.15. The van der Waals surface area contributed by atoms with Crippen LogP contribution in [0, 0.1) is 5.92 Å². The monoisotopic (exact) mass is 358 g/mol. The molecule has 0 unspecified atom stereocenters. The van der Waals surface area contributed by atoms with Crippen LogP contribution in [0.25, 0.3) is 16.8 Å². The van der Waals surface area contributed by atoms with Gasteiger partial charge in [-0.15, -0.1) is 0 Å². The van der Waals surface area contributed by atoms with E-state index in [4.69, 9.17) is 0 Å². The molecule has 138 valence electrons. The van der Waals surface area contributed by atoms with Crippen LogP contribution in [0.1, 0.15) is 38.3 Å². The lowest BCUT2D eigenvalue weighted by atomic mass is 9.91. The molecule has 4 rings (SSSR count). The van der Waals surface area contributed by atoms with E-state index in [0.29, 0.717) is 24.6 Å². The summed E-state index contributed by atoms with van der Waals surface area (Å²) in [5, 5.41) is 0.331. The molecule has 0 aromatic carbocycles. The van der Waals surface area contributed by atoms with Crippen molar-refractivity contribution in [3.05, 3.63) is 30.4 Å². The van der Waals surface area contributed by atoms with Gasteiger partial charge in [0.1, 0.15) is 0 Å². The first kappa shape index (κ1) is 16.8. The minimum absolute atomic E-state index is 0.120. The van der Waals surface area contributed by atoms with Crippen molar-refractivity contribution < 1.29 is 9.28 Å². The van der Waals surface area contributed by atoms with Gasteiger partial charge in [0, 0.05) is 37.1 Å². The number of amides is 2. The lowest BCUT2D eigenvalue weighted by Gasteiger charge is -2.20. The zero-order chi connectivity index (χ0) is 18.3. The Morgan fingerprint density at radius 1 is 1.35 bits per heavy atom. The van der Waals surface area contributed by atoms with Crippen LogP contribution in [0.15, 0.2) is 24.7 Å². The highest BCUT2D eigenvalue weighted by atomic mass is 19.2. The number of rotatable bonds is 4. The van der Waals surface area contributed by atoms with E-state index in [9.17, 15) is 9.28 Å². The number of carbonyl (C=O) groups is 1. The quantitative estimate of drug-likeness (QED) is 0.727. The SMILES string of the molecule is CCCN(F)C(=O)N1C[C@@H](CC)[C@@H](c2cnc3cnc4[nH]ccc4n23)C1. The van der Waals surface area contributed by atoms with Crippen LogP contribution in [0.4, 0.5) is 9.28 Å². The van der Waals surface area contributed by atoms with Crippen molar-refractivity contribution in [2.24, 2.45) is 5.92 Å². The van der Waals surface area contributed by atoms with Crippen LogP contribution in [0.5, 0.6) is 0 Å². The number of urea groups is 1. The largest absolute Gasteiger partial charge is 0.348 e. The highest BCUT2D eigenvalue weighted by Crippen LogP contribution is 2.36. The molecule has 1 fully saturated rings. The zero-order valence-electron chi connectivity index (χ0n) is 15.0. The second kappa shape index (κ2) is 6.59. The van der Waals surface area contributed by atoms with Crippen molar-refractivity contribution in [2.75, 3.05) is 19.6 Å². The van der Waals surface area contributed by atoms with Gasteiger partial charge in [0.2, 0.25) is 0 Å². The number of aromatic amines is 1. The zero-order valence-corrected chi connectivity index (χ0v) is 15.0. The van der Waals surface area contributed by atoms with E-state index in [-0.39, 0.29) is 18.4 Å². The van der Waals surface area contributed by atoms with Crippen LogP contribution in [0.2, 0.25) is 0 Å². The predicted octanol–water partition coefficient (Wildman–Crippen LogP) is 3.35. The molecule has 8 heteroatoms. The third kappa shape index (κ3) is 2.60. The normalized spacial score (nSPS) is 20.3. The molecule has 0 spiro atoms. The second-order valence-electron chi connectivity index (χ2n) is 6.89. The molecule has 4 heterocycles. The number of nitrogens with zero attached hydrogens (tertiary/aromatic N) is 5. The Hall–Kier alpha value is -2.64. The van der Waals surface area contributed by atoms with Crippen molar-refractivity contribution >= 4 is 22.8 Å². The molecule has 1 aliphatic rings. The molecule has 26 heavy (non-hydrogen) atoms. The Morgan fingerprint density at radius 3 is 2.96 bits per heavy atom. The minimum Gasteiger partial charge on any atom is -0.345 e. The van der Waals surface area contributed by atoms with Gasteiger partial charge in [-0.05, 0) is 18.4 Å². The molecule has 0 saturated carbocycles. The smallest absolute Gasteiger partial charge is 0.345 e. The highest BCUT2D eigenvalue weighted by Gasteiger charge is 2.38. The topological polar surface area (TPSA) is 69.5 Å². The first-order valence-corrected chi connectivity index (χ1v) is 9.15. The van der Waals surface area contributed by atoms with Gasteiger partial charge in [-0.25, -0.2) is 14.8 Å². The molecular formula is C18H23FN6O. The molecule has 0 aliphatic carbocycles. The van der Waals surface area contributed by atoms with Gasteiger partial charge in [-0.1, -0.05) is 24.7 Å². The number of fused-ring (bicyclic) bond motifs is 3. The van der Waals surface area contributed by atoms with Crippen molar-refractivity contribution in [3.63, 3.8) is 0 Å². The number of halogens is 1. The first-order chi connectivity index (χ1) is 12.6. The number of carbonyl (C=O) groups excluding carboxylic acids is 1. The lowest BCUT2D eigenvalue weighted by molar-refractivity contribution is 0.0444. The summed E-state index contributed by atoms with van der Waals surface area (Å²) >= 11 is 0. The van der Waals surface area contributed by atoms with Crippen LogP contribution in [-0.4, -0.2) is 55.0 Å². The number of aromatic nitrogens is 4. The highest BCUT2D eigenvalue weighted by molar-refractivity contribution is 5.75. The lowest BCUT2D eigenvalue weighted by Crippen LogP contribution is -2.38. The summed E-state index contributed by atoms with van der Waals surface area (Å²) in [4.78, 5) is 26.0. The van der Waals surface area contributed by atoms with E-state index in [1.807, 2.05) is 25.4 Å². The van der Waals surface area contributed by atoms with Gasteiger partial charge in [0.25, 0.3) is 0 Å². The Kier molecular flexibility index (Phi) is 4.26. The van der Waals surface area contributed by atoms with E-state index >= 15 is 0 Å². The Bertz CT molecular complexity index is 934. The summed E-state index contributed by atoms with van der Waals surface area (Å²) < 4.78 is 16.1. The maximum absolute atomic E-state index is 14.0. The molecule has 0 bridgehead atoms. The molecule has 0 radical (unpaired) electrons. The third-order valence-corrected chi connectivity index (χ3v) is 5.31. The number of likely N-dealkylation sites (tertiary alicyclic amines) is 1. The Labute approximate surface area is 150 Å². The van der Waals surface area contributed by atoms with Gasteiger partial charge < -0.3 is 9.88 Å². The van der Waals surface area contributed by atoms with Gasteiger partial charge in [-0.3, -0.25) is 4.40 Å². The van der Waals surface area contributed by atoms with E-state index in [2.05, 4.69) is 26.3 Å². The summed E-state index contributed by atoms with van der Waals surface area (Å²) in [5.74, 6) is 0.394.